The number of carbonyl (C=O) groups is 1. The molecule has 33 heavy (non-hydrogen) atoms. The van der Waals surface area contributed by atoms with Gasteiger partial charge < -0.3 is 14.5 Å². The number of rotatable bonds is 10. The average molecular weight is 445 g/mol. The Balaban J connectivity index is 2.16. The van der Waals surface area contributed by atoms with Gasteiger partial charge >= 0.3 is 0 Å². The molecule has 0 spiro atoms. The molecule has 1 unspecified atom stereocenters. The fourth-order valence-electron chi connectivity index (χ4n) is 4.21. The molecule has 1 atom stereocenters. The van der Waals surface area contributed by atoms with Gasteiger partial charge in [-0.25, -0.2) is 0 Å². The van der Waals surface area contributed by atoms with Gasteiger partial charge in [-0.05, 0) is 82.0 Å². The summed E-state index contributed by atoms with van der Waals surface area (Å²) in [6.07, 6.45) is 0. The maximum absolute atomic E-state index is 13.2. The second-order valence-corrected chi connectivity index (χ2v) is 9.20. The summed E-state index contributed by atoms with van der Waals surface area (Å²) in [6.45, 7) is 5.94. The van der Waals surface area contributed by atoms with Gasteiger partial charge in [-0.1, -0.05) is 54.6 Å². The van der Waals surface area contributed by atoms with E-state index in [9.17, 15) is 4.79 Å². The van der Waals surface area contributed by atoms with Crippen molar-refractivity contribution in [3.8, 4) is 16.9 Å². The maximum atomic E-state index is 13.2. The van der Waals surface area contributed by atoms with Gasteiger partial charge in [0.1, 0.15) is 18.1 Å². The summed E-state index contributed by atoms with van der Waals surface area (Å²) in [6, 6.07) is 22.9. The molecule has 0 aliphatic rings. The number of benzene rings is 3. The van der Waals surface area contributed by atoms with Gasteiger partial charge in [0.05, 0.1) is 5.92 Å². The van der Waals surface area contributed by atoms with Gasteiger partial charge in [0.25, 0.3) is 0 Å². The van der Waals surface area contributed by atoms with Crippen LogP contribution < -0.4 is 4.74 Å². The van der Waals surface area contributed by atoms with Crippen molar-refractivity contribution in [3.63, 3.8) is 0 Å². The van der Waals surface area contributed by atoms with Crippen molar-refractivity contribution in [2.24, 2.45) is 0 Å². The molecule has 0 saturated carbocycles. The van der Waals surface area contributed by atoms with Gasteiger partial charge in [-0.2, -0.15) is 0 Å². The minimum absolute atomic E-state index is 0.112. The fourth-order valence-corrected chi connectivity index (χ4v) is 4.21. The van der Waals surface area contributed by atoms with E-state index in [-0.39, 0.29) is 11.7 Å². The first kappa shape index (κ1) is 24.7. The van der Waals surface area contributed by atoms with E-state index in [1.807, 2.05) is 52.5 Å². The van der Waals surface area contributed by atoms with Crippen LogP contribution in [0.15, 0.2) is 66.7 Å². The molecular weight excluding hydrogens is 408 g/mol. The van der Waals surface area contributed by atoms with Crippen LogP contribution in [0, 0.1) is 6.92 Å². The lowest BCUT2D eigenvalue weighted by Gasteiger charge is -2.24. The molecule has 0 N–H and O–H groups in total. The monoisotopic (exact) mass is 444 g/mol. The van der Waals surface area contributed by atoms with Gasteiger partial charge in [0, 0.05) is 18.7 Å². The number of carbonyl (C=O) groups excluding carboxylic acids is 1. The van der Waals surface area contributed by atoms with Crippen LogP contribution in [-0.2, 0) is 11.3 Å². The van der Waals surface area contributed by atoms with Crippen molar-refractivity contribution in [1.29, 1.82) is 0 Å². The third-order valence-corrected chi connectivity index (χ3v) is 5.83. The van der Waals surface area contributed by atoms with E-state index in [2.05, 4.69) is 59.2 Å². The van der Waals surface area contributed by atoms with Crippen LogP contribution >= 0.6 is 0 Å². The molecule has 0 amide bonds. The van der Waals surface area contributed by atoms with Crippen LogP contribution in [-0.4, -0.2) is 56.9 Å². The van der Waals surface area contributed by atoms with E-state index >= 15 is 0 Å². The molecule has 0 radical (unpaired) electrons. The summed E-state index contributed by atoms with van der Waals surface area (Å²) in [5.74, 6) is 0.495. The van der Waals surface area contributed by atoms with Crippen LogP contribution in [0.1, 0.15) is 35.1 Å². The Morgan fingerprint density at radius 2 is 1.58 bits per heavy atom. The van der Waals surface area contributed by atoms with Crippen molar-refractivity contribution >= 4 is 5.78 Å². The molecular formula is C29H36N2O2. The summed E-state index contributed by atoms with van der Waals surface area (Å²) in [5, 5.41) is 0. The molecule has 174 valence electrons. The zero-order valence-corrected chi connectivity index (χ0v) is 20.8. The smallest absolute Gasteiger partial charge is 0.141 e. The number of nitrogens with zero attached hydrogens (tertiary/aromatic N) is 2. The fraction of sp³-hybridized carbons (Fsp3) is 0.345. The predicted molar refractivity (Wildman–Crippen MR) is 137 cm³/mol. The molecule has 4 heteroatoms. The van der Waals surface area contributed by atoms with E-state index in [0.717, 1.165) is 41.1 Å². The second kappa shape index (κ2) is 11.3. The van der Waals surface area contributed by atoms with Crippen LogP contribution in [0.4, 0.5) is 0 Å². The number of aryl methyl sites for hydroxylation is 1. The molecule has 0 fully saturated rings. The van der Waals surface area contributed by atoms with E-state index < -0.39 is 0 Å². The van der Waals surface area contributed by atoms with Crippen LogP contribution in [0.2, 0.25) is 0 Å². The molecule has 0 aromatic heterocycles. The van der Waals surface area contributed by atoms with Crippen LogP contribution in [0.25, 0.3) is 11.1 Å². The van der Waals surface area contributed by atoms with Crippen LogP contribution in [0.5, 0.6) is 5.75 Å². The standard InChI is InChI=1S/C29H36N2O2/c1-21-11-7-9-13-25(21)23-15-16-28(33-18-17-30(3)4)27(19-23)29(22(2)32)26-14-10-8-12-24(26)20-31(5)6/h7-16,19,29H,17-18,20H2,1-6H3. The molecule has 0 heterocycles. The SMILES string of the molecule is CC(=O)C(c1ccccc1CN(C)C)c1cc(-c2ccccc2C)ccc1OCCN(C)C. The highest BCUT2D eigenvalue weighted by atomic mass is 16.5. The lowest BCUT2D eigenvalue weighted by Crippen LogP contribution is -2.21. The summed E-state index contributed by atoms with van der Waals surface area (Å²) in [7, 11) is 8.16. The molecule has 0 saturated heterocycles. The highest BCUT2D eigenvalue weighted by molar-refractivity contribution is 5.89. The van der Waals surface area contributed by atoms with Gasteiger partial charge in [-0.15, -0.1) is 0 Å². The Morgan fingerprint density at radius 1 is 0.879 bits per heavy atom. The maximum Gasteiger partial charge on any atom is 0.141 e. The minimum atomic E-state index is -0.389. The number of ketones is 1. The Morgan fingerprint density at radius 3 is 2.24 bits per heavy atom. The predicted octanol–water partition coefficient (Wildman–Crippen LogP) is 5.38. The Labute approximate surface area is 198 Å². The van der Waals surface area contributed by atoms with Crippen LogP contribution in [0.3, 0.4) is 0 Å². The zero-order chi connectivity index (χ0) is 24.0. The van der Waals surface area contributed by atoms with Crippen molar-refractivity contribution in [2.75, 3.05) is 41.3 Å². The first-order valence-corrected chi connectivity index (χ1v) is 11.5. The molecule has 0 bridgehead atoms. The van der Waals surface area contributed by atoms with Crippen molar-refractivity contribution in [3.05, 3.63) is 89.0 Å². The number of ether oxygens (including phenoxy) is 1. The largest absolute Gasteiger partial charge is 0.492 e. The lowest BCUT2D eigenvalue weighted by atomic mass is 9.83. The van der Waals surface area contributed by atoms with E-state index in [4.69, 9.17) is 4.74 Å². The summed E-state index contributed by atoms with van der Waals surface area (Å²) in [5.41, 5.74) is 6.59. The number of hydrogen-bond donors (Lipinski definition) is 0. The van der Waals surface area contributed by atoms with Gasteiger partial charge in [-0.3, -0.25) is 4.79 Å². The average Bonchev–Trinajstić information content (AvgIpc) is 2.75. The molecule has 3 aromatic carbocycles. The normalized spacial score (nSPS) is 12.2. The summed E-state index contributed by atoms with van der Waals surface area (Å²) in [4.78, 5) is 17.4. The quantitative estimate of drug-likeness (QED) is 0.420. The third-order valence-electron chi connectivity index (χ3n) is 5.83. The molecule has 3 aromatic rings. The Bertz CT molecular complexity index is 1090. The highest BCUT2D eigenvalue weighted by Crippen LogP contribution is 2.38. The van der Waals surface area contributed by atoms with Crippen molar-refractivity contribution in [2.45, 2.75) is 26.3 Å². The highest BCUT2D eigenvalue weighted by Gasteiger charge is 2.26. The van der Waals surface area contributed by atoms with Gasteiger partial charge in [0.2, 0.25) is 0 Å². The molecule has 0 aliphatic carbocycles. The van der Waals surface area contributed by atoms with Crippen molar-refractivity contribution in [1.82, 2.24) is 9.80 Å². The zero-order valence-electron chi connectivity index (χ0n) is 20.8. The topological polar surface area (TPSA) is 32.8 Å². The Hall–Kier alpha value is -2.95. The van der Waals surface area contributed by atoms with Gasteiger partial charge in [0.15, 0.2) is 0 Å². The molecule has 3 rings (SSSR count). The summed E-state index contributed by atoms with van der Waals surface area (Å²) < 4.78 is 6.24. The number of likely N-dealkylation sites (N-methyl/N-ethyl adjacent to an activating group) is 1. The van der Waals surface area contributed by atoms with E-state index in [0.29, 0.717) is 6.61 Å². The minimum Gasteiger partial charge on any atom is -0.492 e. The van der Waals surface area contributed by atoms with E-state index in [1.54, 1.807) is 6.92 Å². The first-order chi connectivity index (χ1) is 15.8. The number of hydrogen-bond acceptors (Lipinski definition) is 4. The Kier molecular flexibility index (Phi) is 8.43. The lowest BCUT2D eigenvalue weighted by molar-refractivity contribution is -0.117. The second-order valence-electron chi connectivity index (χ2n) is 9.20. The third kappa shape index (κ3) is 6.31. The molecule has 4 nitrogen and oxygen atoms in total. The first-order valence-electron chi connectivity index (χ1n) is 11.5. The molecule has 0 aliphatic heterocycles. The number of Topliss-reactive ketones (excluding diaryl/α,β-unsaturated/α-hetero) is 1. The van der Waals surface area contributed by atoms with E-state index in [1.165, 1.54) is 11.1 Å². The van der Waals surface area contributed by atoms with Crippen molar-refractivity contribution < 1.29 is 9.53 Å². The summed E-state index contributed by atoms with van der Waals surface area (Å²) >= 11 is 0.